The van der Waals surface area contributed by atoms with Crippen molar-refractivity contribution in [2.75, 3.05) is 31.0 Å². The van der Waals surface area contributed by atoms with Crippen molar-refractivity contribution in [3.63, 3.8) is 0 Å². The third-order valence-electron chi connectivity index (χ3n) is 4.99. The lowest BCUT2D eigenvalue weighted by Gasteiger charge is -2.20. The highest BCUT2D eigenvalue weighted by Gasteiger charge is 2.36. The Hall–Kier alpha value is -2.68. The molecule has 29 heavy (non-hydrogen) atoms. The van der Waals surface area contributed by atoms with E-state index in [1.807, 2.05) is 0 Å². The maximum Gasteiger partial charge on any atom is 0.231 e. The predicted octanol–water partition coefficient (Wildman–Crippen LogP) is 3.45. The Morgan fingerprint density at radius 1 is 1.34 bits per heavy atom. The van der Waals surface area contributed by atoms with Gasteiger partial charge in [0.1, 0.15) is 16.5 Å². The van der Waals surface area contributed by atoms with Gasteiger partial charge in [0.15, 0.2) is 0 Å². The number of amides is 2. The number of carbonyl (C=O) groups excluding carboxylic acids is 2. The molecule has 1 N–H and O–H groups in total. The number of aromatic nitrogens is 2. The van der Waals surface area contributed by atoms with Gasteiger partial charge in [-0.2, -0.15) is 0 Å². The average molecular weight is 419 g/mol. The topological polar surface area (TPSA) is 93.7 Å². The maximum absolute atomic E-state index is 12.7. The summed E-state index contributed by atoms with van der Waals surface area (Å²) in [5, 5.41) is 12.5. The zero-order chi connectivity index (χ0) is 21.0. The summed E-state index contributed by atoms with van der Waals surface area (Å²) in [5.74, 6) is 0.666. The zero-order valence-electron chi connectivity index (χ0n) is 17.1. The van der Waals surface area contributed by atoms with Gasteiger partial charge in [-0.15, -0.1) is 10.2 Å². The van der Waals surface area contributed by atoms with Crippen molar-refractivity contribution in [3.8, 4) is 11.5 Å². The Morgan fingerprint density at radius 2 is 2.14 bits per heavy atom. The molecular weight excluding hydrogens is 392 g/mol. The number of nitrogens with zero attached hydrogens (tertiary/aromatic N) is 3. The summed E-state index contributed by atoms with van der Waals surface area (Å²) in [6, 6.07) is 5.25. The first kappa shape index (κ1) is 21.0. The Bertz CT molecular complexity index is 885. The fourth-order valence-electron chi connectivity index (χ4n) is 3.37. The number of benzene rings is 1. The lowest BCUT2D eigenvalue weighted by molar-refractivity contribution is -0.122. The van der Waals surface area contributed by atoms with Gasteiger partial charge in [0, 0.05) is 24.9 Å². The highest BCUT2D eigenvalue weighted by atomic mass is 32.1. The molecule has 1 aromatic carbocycles. The van der Waals surface area contributed by atoms with Crippen LogP contribution in [0.4, 0.5) is 10.8 Å². The van der Waals surface area contributed by atoms with Crippen LogP contribution in [-0.2, 0) is 9.59 Å². The fraction of sp³-hybridized carbons (Fsp3) is 0.500. The molecule has 9 heteroatoms. The van der Waals surface area contributed by atoms with Crippen LogP contribution in [-0.4, -0.2) is 42.8 Å². The first-order valence-electron chi connectivity index (χ1n) is 9.63. The summed E-state index contributed by atoms with van der Waals surface area (Å²) in [5.41, 5.74) is 0.625. The third-order valence-corrected chi connectivity index (χ3v) is 6.06. The van der Waals surface area contributed by atoms with Crippen LogP contribution in [0, 0.1) is 5.92 Å². The van der Waals surface area contributed by atoms with E-state index in [0.29, 0.717) is 28.2 Å². The molecule has 0 saturated carbocycles. The second-order valence-electron chi connectivity index (χ2n) is 7.07. The largest absolute Gasteiger partial charge is 0.497 e. The highest BCUT2D eigenvalue weighted by molar-refractivity contribution is 7.15. The molecule has 2 aromatic rings. The van der Waals surface area contributed by atoms with Crippen molar-refractivity contribution >= 4 is 34.0 Å². The molecular formula is C20H26N4O4S. The fourth-order valence-corrected chi connectivity index (χ4v) is 4.20. The summed E-state index contributed by atoms with van der Waals surface area (Å²) in [6.07, 6.45) is 2.23. The molecule has 8 nitrogen and oxygen atoms in total. The Kier molecular flexibility index (Phi) is 6.68. The molecule has 0 spiro atoms. The minimum absolute atomic E-state index is 0.122. The molecule has 0 bridgehead atoms. The van der Waals surface area contributed by atoms with Crippen molar-refractivity contribution in [2.24, 2.45) is 5.92 Å². The standard InChI is InChI=1S/C20H26N4O4S/c1-5-6-12(2)19-22-23-20(29-19)21-18(26)13-9-17(25)24(11-13)15-8-7-14(27-3)10-16(15)28-4/h7-8,10,12-13H,5-6,9,11H2,1-4H3,(H,21,23,26)/t12-,13-/m0/s1. The Morgan fingerprint density at radius 3 is 2.83 bits per heavy atom. The number of rotatable bonds is 8. The molecule has 1 aliphatic heterocycles. The molecule has 3 rings (SSSR count). The smallest absolute Gasteiger partial charge is 0.231 e. The molecule has 1 saturated heterocycles. The van der Waals surface area contributed by atoms with E-state index in [4.69, 9.17) is 9.47 Å². The van der Waals surface area contributed by atoms with Crippen LogP contribution >= 0.6 is 11.3 Å². The Labute approximate surface area is 174 Å². The SMILES string of the molecule is CCC[C@H](C)c1nnc(NC(=O)[C@H]2CC(=O)N(c3ccc(OC)cc3OC)C2)s1. The normalized spacial score (nSPS) is 17.3. The zero-order valence-corrected chi connectivity index (χ0v) is 17.9. The second-order valence-corrected chi connectivity index (χ2v) is 8.08. The van der Waals surface area contributed by atoms with E-state index in [0.717, 1.165) is 17.8 Å². The van der Waals surface area contributed by atoms with Gasteiger partial charge in [0.25, 0.3) is 0 Å². The molecule has 2 atom stereocenters. The van der Waals surface area contributed by atoms with Crippen LogP contribution in [0.15, 0.2) is 18.2 Å². The summed E-state index contributed by atoms with van der Waals surface area (Å²) in [4.78, 5) is 26.8. The summed E-state index contributed by atoms with van der Waals surface area (Å²) in [6.45, 7) is 4.51. The van der Waals surface area contributed by atoms with Gasteiger partial charge in [-0.25, -0.2) is 0 Å². The van der Waals surface area contributed by atoms with Gasteiger partial charge in [-0.1, -0.05) is 31.6 Å². The number of carbonyl (C=O) groups is 2. The highest BCUT2D eigenvalue weighted by Crippen LogP contribution is 2.36. The number of anilines is 2. The van der Waals surface area contributed by atoms with Crippen molar-refractivity contribution in [1.29, 1.82) is 0 Å². The van der Waals surface area contributed by atoms with Gasteiger partial charge in [-0.3, -0.25) is 9.59 Å². The first-order valence-corrected chi connectivity index (χ1v) is 10.4. The van der Waals surface area contributed by atoms with E-state index < -0.39 is 5.92 Å². The number of hydrogen-bond acceptors (Lipinski definition) is 7. The van der Waals surface area contributed by atoms with Crippen LogP contribution in [0.25, 0.3) is 0 Å². The molecule has 1 aliphatic rings. The molecule has 2 heterocycles. The van der Waals surface area contributed by atoms with E-state index in [2.05, 4.69) is 29.4 Å². The minimum atomic E-state index is -0.463. The summed E-state index contributed by atoms with van der Waals surface area (Å²) in [7, 11) is 3.10. The summed E-state index contributed by atoms with van der Waals surface area (Å²) < 4.78 is 10.6. The van der Waals surface area contributed by atoms with E-state index in [1.165, 1.54) is 18.4 Å². The van der Waals surface area contributed by atoms with Gasteiger partial charge in [-0.05, 0) is 18.6 Å². The lowest BCUT2D eigenvalue weighted by atomic mass is 10.1. The van der Waals surface area contributed by atoms with Crippen LogP contribution < -0.4 is 19.7 Å². The van der Waals surface area contributed by atoms with Crippen molar-refractivity contribution < 1.29 is 19.1 Å². The summed E-state index contributed by atoms with van der Waals surface area (Å²) >= 11 is 1.39. The first-order chi connectivity index (χ1) is 14.0. The van der Waals surface area contributed by atoms with Crippen LogP contribution in [0.3, 0.4) is 0 Å². The number of ether oxygens (including phenoxy) is 2. The quantitative estimate of drug-likeness (QED) is 0.706. The monoisotopic (exact) mass is 418 g/mol. The minimum Gasteiger partial charge on any atom is -0.497 e. The number of methoxy groups -OCH3 is 2. The maximum atomic E-state index is 12.7. The molecule has 1 aromatic heterocycles. The van der Waals surface area contributed by atoms with E-state index >= 15 is 0 Å². The van der Waals surface area contributed by atoms with Crippen molar-refractivity contribution in [2.45, 2.75) is 39.0 Å². The predicted molar refractivity (Wildman–Crippen MR) is 112 cm³/mol. The van der Waals surface area contributed by atoms with Gasteiger partial charge in [0.05, 0.1) is 25.8 Å². The third kappa shape index (κ3) is 4.67. The van der Waals surface area contributed by atoms with Crippen LogP contribution in [0.1, 0.15) is 44.0 Å². The van der Waals surface area contributed by atoms with Gasteiger partial charge < -0.3 is 19.7 Å². The van der Waals surface area contributed by atoms with E-state index in [1.54, 1.807) is 30.2 Å². The number of nitrogens with one attached hydrogen (secondary N) is 1. The van der Waals surface area contributed by atoms with Crippen LogP contribution in [0.2, 0.25) is 0 Å². The molecule has 0 aliphatic carbocycles. The molecule has 0 unspecified atom stereocenters. The van der Waals surface area contributed by atoms with Crippen molar-refractivity contribution in [1.82, 2.24) is 10.2 Å². The Balaban J connectivity index is 1.68. The van der Waals surface area contributed by atoms with Crippen LogP contribution in [0.5, 0.6) is 11.5 Å². The van der Waals surface area contributed by atoms with Gasteiger partial charge >= 0.3 is 0 Å². The average Bonchev–Trinajstić information content (AvgIpc) is 3.34. The van der Waals surface area contributed by atoms with E-state index in [9.17, 15) is 9.59 Å². The molecule has 0 radical (unpaired) electrons. The lowest BCUT2D eigenvalue weighted by Crippen LogP contribution is -2.28. The van der Waals surface area contributed by atoms with Gasteiger partial charge in [0.2, 0.25) is 16.9 Å². The molecule has 1 fully saturated rings. The van der Waals surface area contributed by atoms with Crippen molar-refractivity contribution in [3.05, 3.63) is 23.2 Å². The second kappa shape index (κ2) is 9.21. The molecule has 156 valence electrons. The van der Waals surface area contributed by atoms with E-state index in [-0.39, 0.29) is 24.8 Å². The molecule has 2 amide bonds. The number of hydrogen-bond donors (Lipinski definition) is 1.